The van der Waals surface area contributed by atoms with Crippen molar-refractivity contribution < 1.29 is 14.6 Å². The number of phenols is 1. The van der Waals surface area contributed by atoms with E-state index in [2.05, 4.69) is 6.58 Å². The smallest absolute Gasteiger partial charge is 0.315 e. The summed E-state index contributed by atoms with van der Waals surface area (Å²) in [6.07, 6.45) is 2.40. The summed E-state index contributed by atoms with van der Waals surface area (Å²) in [5.74, 6) is 0.0918. The lowest BCUT2D eigenvalue weighted by Crippen LogP contribution is -2.37. The molecule has 1 aliphatic rings. The summed E-state index contributed by atoms with van der Waals surface area (Å²) >= 11 is 0. The van der Waals surface area contributed by atoms with Crippen LogP contribution in [0.4, 0.5) is 0 Å². The number of fused-ring (bicyclic) bond motifs is 1. The van der Waals surface area contributed by atoms with Crippen LogP contribution in [0.3, 0.4) is 0 Å². The maximum Gasteiger partial charge on any atom is 0.315 e. The maximum absolute atomic E-state index is 11.9. The van der Waals surface area contributed by atoms with Gasteiger partial charge in [-0.2, -0.15) is 0 Å². The lowest BCUT2D eigenvalue weighted by Gasteiger charge is -2.33. The third-order valence-corrected chi connectivity index (χ3v) is 3.39. The van der Waals surface area contributed by atoms with E-state index in [1.165, 1.54) is 6.07 Å². The van der Waals surface area contributed by atoms with Crippen molar-refractivity contribution in [3.8, 4) is 11.5 Å². The molecular weight excluding hydrogens is 216 g/mol. The highest BCUT2D eigenvalue weighted by atomic mass is 16.5. The monoisotopic (exact) mass is 232 g/mol. The van der Waals surface area contributed by atoms with E-state index in [9.17, 15) is 9.90 Å². The van der Waals surface area contributed by atoms with Crippen molar-refractivity contribution >= 4 is 5.97 Å². The number of rotatable bonds is 2. The van der Waals surface area contributed by atoms with Gasteiger partial charge in [-0.3, -0.25) is 4.79 Å². The molecule has 3 nitrogen and oxygen atoms in total. The molecule has 3 heteroatoms. The van der Waals surface area contributed by atoms with Crippen LogP contribution in [0, 0.1) is 11.3 Å². The highest BCUT2D eigenvalue weighted by Crippen LogP contribution is 2.39. The van der Waals surface area contributed by atoms with E-state index in [0.29, 0.717) is 12.2 Å². The normalized spacial score (nSPS) is 19.4. The van der Waals surface area contributed by atoms with Crippen LogP contribution in [0.1, 0.15) is 19.4 Å². The fourth-order valence-corrected chi connectivity index (χ4v) is 2.00. The van der Waals surface area contributed by atoms with Gasteiger partial charge in [-0.25, -0.2) is 0 Å². The third kappa shape index (κ3) is 2.05. The SMILES string of the molecule is C=CC(C)(C)C1Cc2ccc(O)cc2OC1=O. The van der Waals surface area contributed by atoms with E-state index in [1.807, 2.05) is 13.8 Å². The number of ether oxygens (including phenoxy) is 1. The van der Waals surface area contributed by atoms with E-state index in [1.54, 1.807) is 18.2 Å². The van der Waals surface area contributed by atoms with Crippen molar-refractivity contribution in [3.05, 3.63) is 36.4 Å². The Kier molecular flexibility index (Phi) is 2.69. The molecule has 0 saturated heterocycles. The summed E-state index contributed by atoms with van der Waals surface area (Å²) in [5, 5.41) is 9.34. The highest BCUT2D eigenvalue weighted by Gasteiger charge is 2.38. The van der Waals surface area contributed by atoms with Crippen LogP contribution in [0.5, 0.6) is 11.5 Å². The number of hydrogen-bond acceptors (Lipinski definition) is 3. The van der Waals surface area contributed by atoms with Crippen LogP contribution in [0.25, 0.3) is 0 Å². The molecule has 1 aliphatic heterocycles. The standard InChI is InChI=1S/C14H16O3/c1-4-14(2,3)11-7-9-5-6-10(15)8-12(9)17-13(11)16/h4-6,8,11,15H,1,7H2,2-3H3. The zero-order valence-electron chi connectivity index (χ0n) is 10.1. The third-order valence-electron chi connectivity index (χ3n) is 3.39. The number of carbonyl (C=O) groups excluding carboxylic acids is 1. The van der Waals surface area contributed by atoms with Crippen LogP contribution in [0.2, 0.25) is 0 Å². The molecule has 17 heavy (non-hydrogen) atoms. The Bertz CT molecular complexity index is 474. The predicted octanol–water partition coefficient (Wildman–Crippen LogP) is 2.68. The maximum atomic E-state index is 11.9. The molecule has 1 N–H and O–H groups in total. The molecule has 0 amide bonds. The molecule has 1 aromatic carbocycles. The Morgan fingerprint density at radius 1 is 1.53 bits per heavy atom. The van der Waals surface area contributed by atoms with Gasteiger partial charge in [0.15, 0.2) is 0 Å². The summed E-state index contributed by atoms with van der Waals surface area (Å²) in [6.45, 7) is 7.70. The van der Waals surface area contributed by atoms with E-state index in [0.717, 1.165) is 5.56 Å². The minimum Gasteiger partial charge on any atom is -0.508 e. The summed E-state index contributed by atoms with van der Waals surface area (Å²) in [6, 6.07) is 4.88. The topological polar surface area (TPSA) is 46.5 Å². The molecule has 1 atom stereocenters. The van der Waals surface area contributed by atoms with Crippen molar-refractivity contribution in [3.63, 3.8) is 0 Å². The van der Waals surface area contributed by atoms with Crippen LogP contribution in [-0.2, 0) is 11.2 Å². The Hall–Kier alpha value is -1.77. The van der Waals surface area contributed by atoms with E-state index in [-0.39, 0.29) is 23.1 Å². The second-order valence-electron chi connectivity index (χ2n) is 5.00. The lowest BCUT2D eigenvalue weighted by molar-refractivity contribution is -0.143. The van der Waals surface area contributed by atoms with Crippen molar-refractivity contribution in [2.45, 2.75) is 20.3 Å². The van der Waals surface area contributed by atoms with Crippen LogP contribution >= 0.6 is 0 Å². The van der Waals surface area contributed by atoms with Crippen LogP contribution in [-0.4, -0.2) is 11.1 Å². The number of hydrogen-bond donors (Lipinski definition) is 1. The molecule has 90 valence electrons. The first kappa shape index (κ1) is 11.7. The zero-order chi connectivity index (χ0) is 12.6. The van der Waals surface area contributed by atoms with Gasteiger partial charge >= 0.3 is 5.97 Å². The molecule has 2 rings (SSSR count). The first-order valence-corrected chi connectivity index (χ1v) is 5.61. The van der Waals surface area contributed by atoms with E-state index >= 15 is 0 Å². The van der Waals surface area contributed by atoms with Gasteiger partial charge in [0.05, 0.1) is 5.92 Å². The van der Waals surface area contributed by atoms with Gasteiger partial charge in [0.25, 0.3) is 0 Å². The number of esters is 1. The quantitative estimate of drug-likeness (QED) is 0.484. The predicted molar refractivity (Wildman–Crippen MR) is 64.9 cm³/mol. The van der Waals surface area contributed by atoms with Crippen molar-refractivity contribution in [2.24, 2.45) is 11.3 Å². The van der Waals surface area contributed by atoms with E-state index < -0.39 is 0 Å². The van der Waals surface area contributed by atoms with Gasteiger partial charge in [0, 0.05) is 6.07 Å². The summed E-state index contributed by atoms with van der Waals surface area (Å²) < 4.78 is 5.27. The number of phenolic OH excluding ortho intramolecular Hbond substituents is 1. The summed E-state index contributed by atoms with van der Waals surface area (Å²) in [5.41, 5.74) is 0.648. The zero-order valence-corrected chi connectivity index (χ0v) is 10.1. The van der Waals surface area contributed by atoms with Crippen LogP contribution < -0.4 is 4.74 Å². The van der Waals surface area contributed by atoms with Crippen molar-refractivity contribution in [1.82, 2.24) is 0 Å². The minimum absolute atomic E-state index is 0.109. The largest absolute Gasteiger partial charge is 0.508 e. The average molecular weight is 232 g/mol. The van der Waals surface area contributed by atoms with Gasteiger partial charge < -0.3 is 9.84 Å². The van der Waals surface area contributed by atoms with Crippen molar-refractivity contribution in [1.29, 1.82) is 0 Å². The van der Waals surface area contributed by atoms with Gasteiger partial charge in [0.2, 0.25) is 0 Å². The molecule has 0 aliphatic carbocycles. The molecule has 1 aromatic rings. The van der Waals surface area contributed by atoms with Crippen molar-refractivity contribution in [2.75, 3.05) is 0 Å². The first-order chi connectivity index (χ1) is 7.94. The molecule has 0 fully saturated rings. The minimum atomic E-state index is -0.299. The molecule has 1 unspecified atom stereocenters. The Balaban J connectivity index is 2.37. The average Bonchev–Trinajstić information content (AvgIpc) is 2.27. The molecule has 0 bridgehead atoms. The first-order valence-electron chi connectivity index (χ1n) is 5.61. The molecule has 0 saturated carbocycles. The molecule has 0 radical (unpaired) electrons. The summed E-state index contributed by atoms with van der Waals surface area (Å²) in [4.78, 5) is 11.9. The number of carbonyl (C=O) groups is 1. The van der Waals surface area contributed by atoms with Gasteiger partial charge in [-0.15, -0.1) is 6.58 Å². The Morgan fingerprint density at radius 3 is 2.88 bits per heavy atom. The second kappa shape index (κ2) is 3.91. The molecule has 0 aromatic heterocycles. The summed E-state index contributed by atoms with van der Waals surface area (Å²) in [7, 11) is 0. The Labute approximate surface area is 101 Å². The van der Waals surface area contributed by atoms with Gasteiger partial charge in [-0.1, -0.05) is 26.0 Å². The number of aromatic hydroxyl groups is 1. The number of allylic oxidation sites excluding steroid dienone is 1. The molecular formula is C14H16O3. The highest BCUT2D eigenvalue weighted by molar-refractivity contribution is 5.79. The fourth-order valence-electron chi connectivity index (χ4n) is 2.00. The molecule has 0 spiro atoms. The van der Waals surface area contributed by atoms with Gasteiger partial charge in [-0.05, 0) is 23.5 Å². The van der Waals surface area contributed by atoms with Gasteiger partial charge in [0.1, 0.15) is 11.5 Å². The second-order valence-corrected chi connectivity index (χ2v) is 5.00. The molecule has 1 heterocycles. The number of benzene rings is 1. The Morgan fingerprint density at radius 2 is 2.24 bits per heavy atom. The fraction of sp³-hybridized carbons (Fsp3) is 0.357. The van der Waals surface area contributed by atoms with Crippen LogP contribution in [0.15, 0.2) is 30.9 Å². The van der Waals surface area contributed by atoms with E-state index in [4.69, 9.17) is 4.74 Å². The lowest BCUT2D eigenvalue weighted by atomic mass is 9.75.